The first kappa shape index (κ1) is 13.7. The lowest BCUT2D eigenvalue weighted by atomic mass is 10.2. The SMILES string of the molecule is CC1CN(C(=O)NC(CCO)C(=O)O)CCO1. The summed E-state index contributed by atoms with van der Waals surface area (Å²) in [4.78, 5) is 24.1. The van der Waals surface area contributed by atoms with Crippen molar-refractivity contribution in [3.05, 3.63) is 0 Å². The third-order valence-electron chi connectivity index (χ3n) is 2.54. The summed E-state index contributed by atoms with van der Waals surface area (Å²) in [5, 5.41) is 19.9. The number of aliphatic hydroxyl groups is 1. The number of ether oxygens (including phenoxy) is 1. The van der Waals surface area contributed by atoms with Gasteiger partial charge in [-0.15, -0.1) is 0 Å². The first-order chi connectivity index (χ1) is 8.04. The maximum Gasteiger partial charge on any atom is 0.326 e. The van der Waals surface area contributed by atoms with Gasteiger partial charge in [-0.05, 0) is 6.92 Å². The maximum absolute atomic E-state index is 11.7. The van der Waals surface area contributed by atoms with Gasteiger partial charge in [-0.25, -0.2) is 9.59 Å². The molecule has 98 valence electrons. The number of amides is 2. The van der Waals surface area contributed by atoms with E-state index in [4.69, 9.17) is 14.9 Å². The van der Waals surface area contributed by atoms with Gasteiger partial charge in [-0.1, -0.05) is 0 Å². The summed E-state index contributed by atoms with van der Waals surface area (Å²) in [5.74, 6) is -1.14. The normalized spacial score (nSPS) is 22.0. The Morgan fingerprint density at radius 3 is 2.82 bits per heavy atom. The van der Waals surface area contributed by atoms with E-state index in [0.717, 1.165) is 0 Å². The molecule has 1 heterocycles. The number of aliphatic carboxylic acids is 1. The van der Waals surface area contributed by atoms with Gasteiger partial charge in [0.15, 0.2) is 0 Å². The molecule has 0 bridgehead atoms. The van der Waals surface area contributed by atoms with Crippen LogP contribution in [0.2, 0.25) is 0 Å². The Morgan fingerprint density at radius 1 is 1.59 bits per heavy atom. The van der Waals surface area contributed by atoms with Gasteiger partial charge < -0.3 is 25.2 Å². The summed E-state index contributed by atoms with van der Waals surface area (Å²) in [6, 6.07) is -1.48. The molecule has 0 saturated carbocycles. The monoisotopic (exact) mass is 246 g/mol. The van der Waals surface area contributed by atoms with Crippen LogP contribution in [0.3, 0.4) is 0 Å². The molecule has 0 radical (unpaired) electrons. The number of carbonyl (C=O) groups is 2. The zero-order valence-corrected chi connectivity index (χ0v) is 9.76. The van der Waals surface area contributed by atoms with Crippen molar-refractivity contribution in [1.29, 1.82) is 0 Å². The molecular weight excluding hydrogens is 228 g/mol. The molecule has 0 spiro atoms. The van der Waals surface area contributed by atoms with Crippen molar-refractivity contribution in [2.45, 2.75) is 25.5 Å². The number of carboxylic acid groups (broad SMARTS) is 1. The molecule has 1 aliphatic heterocycles. The van der Waals surface area contributed by atoms with Crippen molar-refractivity contribution in [1.82, 2.24) is 10.2 Å². The zero-order chi connectivity index (χ0) is 12.8. The van der Waals surface area contributed by atoms with Crippen LogP contribution >= 0.6 is 0 Å². The summed E-state index contributed by atoms with van der Waals surface area (Å²) in [6.45, 7) is 2.91. The van der Waals surface area contributed by atoms with Crippen LogP contribution in [0, 0.1) is 0 Å². The smallest absolute Gasteiger partial charge is 0.326 e. The Hall–Kier alpha value is -1.34. The summed E-state index contributed by atoms with van der Waals surface area (Å²) in [7, 11) is 0. The van der Waals surface area contributed by atoms with Crippen molar-refractivity contribution in [3.8, 4) is 0 Å². The summed E-state index contributed by atoms with van der Waals surface area (Å²) >= 11 is 0. The van der Waals surface area contributed by atoms with E-state index in [1.807, 2.05) is 6.92 Å². The Bertz CT molecular complexity index is 284. The van der Waals surface area contributed by atoms with Crippen molar-refractivity contribution < 1.29 is 24.5 Å². The van der Waals surface area contributed by atoms with Gasteiger partial charge in [-0.3, -0.25) is 0 Å². The first-order valence-electron chi connectivity index (χ1n) is 5.55. The third kappa shape index (κ3) is 4.20. The molecule has 2 unspecified atom stereocenters. The fourth-order valence-electron chi connectivity index (χ4n) is 1.63. The third-order valence-corrected chi connectivity index (χ3v) is 2.54. The zero-order valence-electron chi connectivity index (χ0n) is 9.76. The fraction of sp³-hybridized carbons (Fsp3) is 0.800. The number of morpholine rings is 1. The highest BCUT2D eigenvalue weighted by atomic mass is 16.5. The lowest BCUT2D eigenvalue weighted by Gasteiger charge is -2.32. The summed E-state index contributed by atoms with van der Waals surface area (Å²) < 4.78 is 5.28. The Kier molecular flexibility index (Phi) is 5.17. The lowest BCUT2D eigenvalue weighted by Crippen LogP contribution is -2.53. The molecule has 2 atom stereocenters. The van der Waals surface area contributed by atoms with Crippen LogP contribution in [0.4, 0.5) is 4.79 Å². The van der Waals surface area contributed by atoms with Crippen LogP contribution in [0.15, 0.2) is 0 Å². The van der Waals surface area contributed by atoms with Gasteiger partial charge in [0.05, 0.1) is 12.7 Å². The van der Waals surface area contributed by atoms with Gasteiger partial charge in [0.25, 0.3) is 0 Å². The van der Waals surface area contributed by atoms with Crippen LogP contribution in [0.5, 0.6) is 0 Å². The highest BCUT2D eigenvalue weighted by Gasteiger charge is 2.25. The fourth-order valence-corrected chi connectivity index (χ4v) is 1.63. The Morgan fingerprint density at radius 2 is 2.29 bits per heavy atom. The quantitative estimate of drug-likeness (QED) is 0.606. The van der Waals surface area contributed by atoms with Crippen LogP contribution in [-0.2, 0) is 9.53 Å². The molecule has 3 N–H and O–H groups in total. The number of aliphatic hydroxyl groups excluding tert-OH is 1. The van der Waals surface area contributed by atoms with E-state index in [-0.39, 0.29) is 19.1 Å². The van der Waals surface area contributed by atoms with E-state index < -0.39 is 18.0 Å². The average molecular weight is 246 g/mol. The number of hydrogen-bond acceptors (Lipinski definition) is 4. The standard InChI is InChI=1S/C10H18N2O5/c1-7-6-12(3-5-17-7)10(16)11-8(2-4-13)9(14)15/h7-8,13H,2-6H2,1H3,(H,11,16)(H,14,15). The summed E-state index contributed by atoms with van der Waals surface area (Å²) in [6.07, 6.45) is -0.0448. The molecule has 7 nitrogen and oxygen atoms in total. The second kappa shape index (κ2) is 6.41. The molecule has 0 aromatic carbocycles. The first-order valence-corrected chi connectivity index (χ1v) is 5.55. The molecule has 0 aromatic rings. The predicted octanol–water partition coefficient (Wildman–Crippen LogP) is -0.748. The molecule has 0 aliphatic carbocycles. The molecule has 1 fully saturated rings. The van der Waals surface area contributed by atoms with Gasteiger partial charge in [-0.2, -0.15) is 0 Å². The van der Waals surface area contributed by atoms with E-state index in [2.05, 4.69) is 5.32 Å². The molecule has 1 saturated heterocycles. The summed E-state index contributed by atoms with van der Waals surface area (Å²) in [5.41, 5.74) is 0. The number of carbonyl (C=O) groups excluding carboxylic acids is 1. The highest BCUT2D eigenvalue weighted by molar-refractivity contribution is 5.82. The van der Waals surface area contributed by atoms with Crippen molar-refractivity contribution in [2.24, 2.45) is 0 Å². The molecule has 1 rings (SSSR count). The van der Waals surface area contributed by atoms with Crippen LogP contribution in [-0.4, -0.2) is 65.6 Å². The van der Waals surface area contributed by atoms with Gasteiger partial charge >= 0.3 is 12.0 Å². The molecular formula is C10H18N2O5. The van der Waals surface area contributed by atoms with Gasteiger partial charge in [0.1, 0.15) is 6.04 Å². The molecule has 1 aliphatic rings. The second-order valence-electron chi connectivity index (χ2n) is 3.98. The number of urea groups is 1. The average Bonchev–Trinajstić information content (AvgIpc) is 2.28. The van der Waals surface area contributed by atoms with Crippen LogP contribution in [0.25, 0.3) is 0 Å². The topological polar surface area (TPSA) is 99.1 Å². The van der Waals surface area contributed by atoms with Crippen LogP contribution < -0.4 is 5.32 Å². The molecule has 0 aromatic heterocycles. The molecule has 17 heavy (non-hydrogen) atoms. The van der Waals surface area contributed by atoms with E-state index in [1.54, 1.807) is 0 Å². The Balaban J connectivity index is 2.48. The molecule has 2 amide bonds. The number of nitrogens with zero attached hydrogens (tertiary/aromatic N) is 1. The van der Waals surface area contributed by atoms with Gasteiger partial charge in [0.2, 0.25) is 0 Å². The maximum atomic E-state index is 11.7. The number of rotatable bonds is 4. The van der Waals surface area contributed by atoms with E-state index in [9.17, 15) is 9.59 Å². The highest BCUT2D eigenvalue weighted by Crippen LogP contribution is 2.05. The van der Waals surface area contributed by atoms with Crippen LogP contribution in [0.1, 0.15) is 13.3 Å². The van der Waals surface area contributed by atoms with Crippen molar-refractivity contribution >= 4 is 12.0 Å². The van der Waals surface area contributed by atoms with Crippen molar-refractivity contribution in [2.75, 3.05) is 26.3 Å². The van der Waals surface area contributed by atoms with Crippen molar-refractivity contribution in [3.63, 3.8) is 0 Å². The lowest BCUT2D eigenvalue weighted by molar-refractivity contribution is -0.139. The van der Waals surface area contributed by atoms with E-state index in [0.29, 0.717) is 19.7 Å². The number of hydrogen-bond donors (Lipinski definition) is 3. The second-order valence-corrected chi connectivity index (χ2v) is 3.98. The predicted molar refractivity (Wildman–Crippen MR) is 58.6 cm³/mol. The van der Waals surface area contributed by atoms with E-state index in [1.165, 1.54) is 4.90 Å². The minimum atomic E-state index is -1.14. The minimum absolute atomic E-state index is 0.000959. The molecule has 7 heteroatoms. The van der Waals surface area contributed by atoms with E-state index >= 15 is 0 Å². The minimum Gasteiger partial charge on any atom is -0.480 e. The number of carboxylic acids is 1. The largest absolute Gasteiger partial charge is 0.480 e. The Labute approximate surface area is 99.4 Å². The van der Waals surface area contributed by atoms with Gasteiger partial charge in [0, 0.05) is 26.1 Å². The number of nitrogens with one attached hydrogen (secondary N) is 1.